The van der Waals surface area contributed by atoms with E-state index in [0.29, 0.717) is 22.4 Å². The van der Waals surface area contributed by atoms with Crippen LogP contribution in [-0.4, -0.2) is 33.0 Å². The molecular weight excluding hydrogens is 410 g/mol. The molecule has 0 heterocycles. The van der Waals surface area contributed by atoms with Crippen molar-refractivity contribution in [2.75, 3.05) is 14.2 Å². The standard InChI is InChI=1S/C22H28ClNO4S/c1-16-6-4-5-7-20(16)24(29(25,26)19-11-9-18(23)10-12-19)15-17-8-13-21(27-2)22(14-17)28-3/h8-14,16,20H,4-7,15H2,1-3H3. The molecule has 0 saturated heterocycles. The van der Waals surface area contributed by atoms with Crippen LogP contribution in [0.2, 0.25) is 5.02 Å². The molecule has 0 aromatic heterocycles. The van der Waals surface area contributed by atoms with E-state index in [9.17, 15) is 8.42 Å². The Balaban J connectivity index is 2.00. The lowest BCUT2D eigenvalue weighted by atomic mass is 9.86. The first-order valence-electron chi connectivity index (χ1n) is 9.85. The van der Waals surface area contributed by atoms with E-state index < -0.39 is 10.0 Å². The number of ether oxygens (including phenoxy) is 2. The summed E-state index contributed by atoms with van der Waals surface area (Å²) in [6, 6.07) is 11.9. The SMILES string of the molecule is COc1ccc(CN(C2CCCCC2C)S(=O)(=O)c2ccc(Cl)cc2)cc1OC. The maximum atomic E-state index is 13.6. The zero-order valence-electron chi connectivity index (χ0n) is 17.1. The monoisotopic (exact) mass is 437 g/mol. The van der Waals surface area contributed by atoms with Crippen molar-refractivity contribution in [1.29, 1.82) is 0 Å². The summed E-state index contributed by atoms with van der Waals surface area (Å²) in [7, 11) is -0.523. The summed E-state index contributed by atoms with van der Waals surface area (Å²) in [4.78, 5) is 0.264. The van der Waals surface area contributed by atoms with Crippen molar-refractivity contribution in [3.63, 3.8) is 0 Å². The summed E-state index contributed by atoms with van der Waals surface area (Å²) >= 11 is 5.97. The zero-order chi connectivity index (χ0) is 21.0. The maximum Gasteiger partial charge on any atom is 0.243 e. The highest BCUT2D eigenvalue weighted by molar-refractivity contribution is 7.89. The van der Waals surface area contributed by atoms with E-state index in [2.05, 4.69) is 6.92 Å². The van der Waals surface area contributed by atoms with Crippen molar-refractivity contribution in [3.05, 3.63) is 53.1 Å². The number of hydrogen-bond acceptors (Lipinski definition) is 4. The van der Waals surface area contributed by atoms with Crippen LogP contribution in [-0.2, 0) is 16.6 Å². The van der Waals surface area contributed by atoms with Gasteiger partial charge in [-0.3, -0.25) is 0 Å². The molecule has 1 aliphatic carbocycles. The summed E-state index contributed by atoms with van der Waals surface area (Å²) in [5.74, 6) is 1.51. The van der Waals surface area contributed by atoms with Crippen LogP contribution in [0.5, 0.6) is 11.5 Å². The Hall–Kier alpha value is -1.76. The second kappa shape index (κ2) is 9.37. The summed E-state index contributed by atoms with van der Waals surface area (Å²) in [6.07, 6.45) is 4.07. The summed E-state index contributed by atoms with van der Waals surface area (Å²) < 4.78 is 39.6. The predicted octanol–water partition coefficient (Wildman–Crippen LogP) is 5.13. The summed E-state index contributed by atoms with van der Waals surface area (Å²) in [5.41, 5.74) is 0.859. The topological polar surface area (TPSA) is 55.8 Å². The van der Waals surface area contributed by atoms with Gasteiger partial charge in [-0.2, -0.15) is 4.31 Å². The van der Waals surface area contributed by atoms with Gasteiger partial charge in [0.25, 0.3) is 0 Å². The molecule has 0 aliphatic heterocycles. The molecule has 1 saturated carbocycles. The lowest BCUT2D eigenvalue weighted by molar-refractivity contribution is 0.185. The molecule has 0 N–H and O–H groups in total. The molecule has 0 bridgehead atoms. The van der Waals surface area contributed by atoms with Gasteiger partial charge in [0.2, 0.25) is 10.0 Å². The van der Waals surface area contributed by atoms with Crippen molar-refractivity contribution < 1.29 is 17.9 Å². The van der Waals surface area contributed by atoms with Gasteiger partial charge in [-0.05, 0) is 60.7 Å². The number of hydrogen-bond donors (Lipinski definition) is 0. The quantitative estimate of drug-likeness (QED) is 0.602. The Kier molecular flexibility index (Phi) is 7.09. The van der Waals surface area contributed by atoms with Crippen molar-refractivity contribution in [1.82, 2.24) is 4.31 Å². The van der Waals surface area contributed by atoms with Gasteiger partial charge in [0.15, 0.2) is 11.5 Å². The van der Waals surface area contributed by atoms with Crippen LogP contribution in [0.3, 0.4) is 0 Å². The highest BCUT2D eigenvalue weighted by Crippen LogP contribution is 2.35. The van der Waals surface area contributed by atoms with Crippen LogP contribution in [0.4, 0.5) is 0 Å². The van der Waals surface area contributed by atoms with Crippen molar-refractivity contribution in [3.8, 4) is 11.5 Å². The van der Waals surface area contributed by atoms with Crippen LogP contribution in [0.25, 0.3) is 0 Å². The minimum absolute atomic E-state index is 0.0440. The van der Waals surface area contributed by atoms with Gasteiger partial charge < -0.3 is 9.47 Å². The molecule has 29 heavy (non-hydrogen) atoms. The number of methoxy groups -OCH3 is 2. The molecular formula is C22H28ClNO4S. The molecule has 2 atom stereocenters. The molecule has 3 rings (SSSR count). The van der Waals surface area contributed by atoms with E-state index in [1.54, 1.807) is 42.8 Å². The molecule has 1 fully saturated rings. The lowest BCUT2D eigenvalue weighted by Crippen LogP contribution is -2.44. The summed E-state index contributed by atoms with van der Waals surface area (Å²) in [5, 5.41) is 0.515. The average molecular weight is 438 g/mol. The zero-order valence-corrected chi connectivity index (χ0v) is 18.7. The van der Waals surface area contributed by atoms with Crippen LogP contribution < -0.4 is 9.47 Å². The van der Waals surface area contributed by atoms with Gasteiger partial charge in [-0.25, -0.2) is 8.42 Å². The van der Waals surface area contributed by atoms with Gasteiger partial charge >= 0.3 is 0 Å². The largest absolute Gasteiger partial charge is 0.493 e. The molecule has 0 radical (unpaired) electrons. The lowest BCUT2D eigenvalue weighted by Gasteiger charge is -2.38. The normalized spacial score (nSPS) is 19.9. The Morgan fingerprint density at radius 3 is 2.28 bits per heavy atom. The first kappa shape index (κ1) is 21.9. The van der Waals surface area contributed by atoms with E-state index in [1.165, 1.54) is 0 Å². The molecule has 2 unspecified atom stereocenters. The van der Waals surface area contributed by atoms with Crippen LogP contribution in [0.1, 0.15) is 38.2 Å². The van der Waals surface area contributed by atoms with Crippen LogP contribution in [0, 0.1) is 5.92 Å². The number of rotatable bonds is 7. The highest BCUT2D eigenvalue weighted by Gasteiger charge is 2.36. The minimum Gasteiger partial charge on any atom is -0.493 e. The average Bonchev–Trinajstić information content (AvgIpc) is 2.72. The fraction of sp³-hybridized carbons (Fsp3) is 0.455. The Bertz CT molecular complexity index is 930. The van der Waals surface area contributed by atoms with E-state index in [4.69, 9.17) is 21.1 Å². The number of benzene rings is 2. The summed E-state index contributed by atoms with van der Waals surface area (Å²) in [6.45, 7) is 2.42. The van der Waals surface area contributed by atoms with Crippen molar-refractivity contribution in [2.24, 2.45) is 5.92 Å². The van der Waals surface area contributed by atoms with Gasteiger partial charge in [0, 0.05) is 17.6 Å². The first-order chi connectivity index (χ1) is 13.9. The molecule has 7 heteroatoms. The van der Waals surface area contributed by atoms with Gasteiger partial charge in [0.05, 0.1) is 19.1 Å². The van der Waals surface area contributed by atoms with Crippen molar-refractivity contribution in [2.45, 2.75) is 50.1 Å². The Labute approximate surface area is 178 Å². The Morgan fingerprint density at radius 1 is 1.00 bits per heavy atom. The smallest absolute Gasteiger partial charge is 0.243 e. The molecule has 2 aromatic rings. The van der Waals surface area contributed by atoms with E-state index in [-0.39, 0.29) is 17.5 Å². The molecule has 158 valence electrons. The third-order valence-corrected chi connectivity index (χ3v) is 7.78. The second-order valence-corrected chi connectivity index (χ2v) is 9.85. The predicted molar refractivity (Wildman–Crippen MR) is 115 cm³/mol. The van der Waals surface area contributed by atoms with E-state index in [1.807, 2.05) is 18.2 Å². The molecule has 2 aromatic carbocycles. The number of nitrogens with zero attached hydrogens (tertiary/aromatic N) is 1. The van der Waals surface area contributed by atoms with Gasteiger partial charge in [-0.1, -0.05) is 37.4 Å². The maximum absolute atomic E-state index is 13.6. The third-order valence-electron chi connectivity index (χ3n) is 5.64. The number of sulfonamides is 1. The minimum atomic E-state index is -3.68. The van der Waals surface area contributed by atoms with Crippen LogP contribution >= 0.6 is 11.6 Å². The molecule has 0 amide bonds. The molecule has 5 nitrogen and oxygen atoms in total. The third kappa shape index (κ3) is 4.87. The first-order valence-corrected chi connectivity index (χ1v) is 11.7. The van der Waals surface area contributed by atoms with Crippen LogP contribution in [0.15, 0.2) is 47.4 Å². The van der Waals surface area contributed by atoms with Gasteiger partial charge in [0.1, 0.15) is 0 Å². The van der Waals surface area contributed by atoms with Crippen molar-refractivity contribution >= 4 is 21.6 Å². The molecule has 1 aliphatic rings. The van der Waals surface area contributed by atoms with Gasteiger partial charge in [-0.15, -0.1) is 0 Å². The highest BCUT2D eigenvalue weighted by atomic mass is 35.5. The fourth-order valence-corrected chi connectivity index (χ4v) is 5.87. The Morgan fingerprint density at radius 2 is 1.66 bits per heavy atom. The van der Waals surface area contributed by atoms with E-state index >= 15 is 0 Å². The molecule has 0 spiro atoms. The van der Waals surface area contributed by atoms with E-state index in [0.717, 1.165) is 31.2 Å². The number of halogens is 1. The fourth-order valence-electron chi connectivity index (χ4n) is 4.01. The second-order valence-electron chi connectivity index (χ2n) is 7.52.